The largest absolute Gasteiger partial charge is 0.394 e. The first kappa shape index (κ1) is 32.7. The van der Waals surface area contributed by atoms with Crippen LogP contribution < -0.4 is 21.5 Å². The lowest BCUT2D eigenvalue weighted by Crippen LogP contribution is -2.38. The third-order valence-corrected chi connectivity index (χ3v) is 9.22. The molecule has 2 fully saturated rings. The van der Waals surface area contributed by atoms with Crippen LogP contribution in [0.3, 0.4) is 0 Å². The van der Waals surface area contributed by atoms with Crippen molar-refractivity contribution in [3.05, 3.63) is 76.2 Å². The summed E-state index contributed by atoms with van der Waals surface area (Å²) < 4.78 is 43.8. The van der Waals surface area contributed by atoms with E-state index in [2.05, 4.69) is 58.3 Å². The van der Waals surface area contributed by atoms with Gasteiger partial charge in [-0.2, -0.15) is 18.2 Å². The van der Waals surface area contributed by atoms with Crippen molar-refractivity contribution in [3.8, 4) is 11.8 Å². The molecule has 0 bridgehead atoms. The molecule has 246 valence electrons. The maximum atomic E-state index is 13.9. The predicted octanol–water partition coefficient (Wildman–Crippen LogP) is 4.98. The Balaban J connectivity index is 1.31. The molecule has 0 radical (unpaired) electrons. The Hall–Kier alpha value is -4.19. The van der Waals surface area contributed by atoms with Gasteiger partial charge in [-0.05, 0) is 68.8 Å². The van der Waals surface area contributed by atoms with Crippen molar-refractivity contribution in [2.45, 2.75) is 50.9 Å². The average molecular weight is 664 g/mol. The molecular weight excluding hydrogens is 627 g/mol. The topological polar surface area (TPSA) is 113 Å². The standard InChI is InChI=1S/C33H36F3N9OS/c1-47-44-13-10-22(11-14-44)4-5-23-15-24-18-39-32(42-27-8-6-26(7-9-27)41-28-3-2-12-37-19-28)43-30(24)45(31(23)46)20-25-17-38-21-40-29(25)16-33(34,35)36/h6-9,15,17-18,21-22,28,37,41H,2-3,10-14,16,19-20H2,1H3,(H,39,42,43). The van der Waals surface area contributed by atoms with E-state index in [1.54, 1.807) is 24.2 Å². The van der Waals surface area contributed by atoms with Gasteiger partial charge < -0.3 is 16.0 Å². The van der Waals surface area contributed by atoms with Crippen molar-refractivity contribution in [2.24, 2.45) is 5.92 Å². The highest BCUT2D eigenvalue weighted by molar-refractivity contribution is 7.96. The Morgan fingerprint density at radius 1 is 1.09 bits per heavy atom. The van der Waals surface area contributed by atoms with Gasteiger partial charge in [0.2, 0.25) is 5.95 Å². The zero-order valence-electron chi connectivity index (χ0n) is 26.0. The van der Waals surface area contributed by atoms with Gasteiger partial charge in [-0.3, -0.25) is 13.7 Å². The highest BCUT2D eigenvalue weighted by Crippen LogP contribution is 2.25. The number of nitrogens with zero attached hydrogens (tertiary/aromatic N) is 6. The first-order valence-corrected chi connectivity index (χ1v) is 16.8. The fraction of sp³-hybridized carbons (Fsp3) is 0.424. The molecule has 5 heterocycles. The van der Waals surface area contributed by atoms with Crippen LogP contribution in [-0.4, -0.2) is 73.5 Å². The Bertz CT molecular complexity index is 1810. The summed E-state index contributed by atoms with van der Waals surface area (Å²) in [5.41, 5.74) is 1.76. The number of alkyl halides is 3. The summed E-state index contributed by atoms with van der Waals surface area (Å²) in [6.07, 6.45) is 4.33. The molecule has 1 unspecified atom stereocenters. The molecule has 10 nitrogen and oxygen atoms in total. The molecule has 6 rings (SSSR count). The Kier molecular flexibility index (Phi) is 10.2. The summed E-state index contributed by atoms with van der Waals surface area (Å²) in [6.45, 7) is 3.58. The monoisotopic (exact) mass is 663 g/mol. The lowest BCUT2D eigenvalue weighted by Gasteiger charge is -2.27. The van der Waals surface area contributed by atoms with Gasteiger partial charge >= 0.3 is 6.18 Å². The van der Waals surface area contributed by atoms with Crippen LogP contribution in [0, 0.1) is 17.8 Å². The molecular formula is C33H36F3N9OS. The number of aromatic nitrogens is 5. The number of benzene rings is 1. The smallest absolute Gasteiger partial charge is 0.381 e. The van der Waals surface area contributed by atoms with Gasteiger partial charge in [-0.25, -0.2) is 15.0 Å². The molecule has 1 aromatic carbocycles. The summed E-state index contributed by atoms with van der Waals surface area (Å²) in [4.78, 5) is 30.9. The highest BCUT2D eigenvalue weighted by Gasteiger charge is 2.30. The van der Waals surface area contributed by atoms with E-state index in [1.165, 1.54) is 10.8 Å². The van der Waals surface area contributed by atoms with E-state index >= 15 is 0 Å². The van der Waals surface area contributed by atoms with Crippen LogP contribution in [0.1, 0.15) is 42.5 Å². The first-order chi connectivity index (χ1) is 22.7. The van der Waals surface area contributed by atoms with E-state index in [1.807, 2.05) is 24.3 Å². The normalized spacial score (nSPS) is 17.7. The number of rotatable bonds is 8. The molecule has 0 aliphatic carbocycles. The van der Waals surface area contributed by atoms with Crippen molar-refractivity contribution in [2.75, 3.05) is 43.1 Å². The van der Waals surface area contributed by atoms with Crippen molar-refractivity contribution < 1.29 is 13.2 Å². The van der Waals surface area contributed by atoms with Crippen LogP contribution in [0.5, 0.6) is 0 Å². The van der Waals surface area contributed by atoms with Gasteiger partial charge in [0.25, 0.3) is 5.56 Å². The number of pyridine rings is 1. The number of hydrogen-bond acceptors (Lipinski definition) is 10. The number of hydrogen-bond donors (Lipinski definition) is 3. The number of fused-ring (bicyclic) bond motifs is 1. The average Bonchev–Trinajstić information content (AvgIpc) is 3.07. The van der Waals surface area contributed by atoms with Crippen molar-refractivity contribution >= 4 is 40.3 Å². The molecule has 3 N–H and O–H groups in total. The molecule has 4 aromatic rings. The minimum absolute atomic E-state index is 0.145. The second-order valence-electron chi connectivity index (χ2n) is 11.8. The predicted molar refractivity (Wildman–Crippen MR) is 179 cm³/mol. The Labute approximate surface area is 275 Å². The third-order valence-electron chi connectivity index (χ3n) is 8.34. The lowest BCUT2D eigenvalue weighted by atomic mass is 9.98. The lowest BCUT2D eigenvalue weighted by molar-refractivity contribution is -0.128. The van der Waals surface area contributed by atoms with Gasteiger partial charge in [0, 0.05) is 66.3 Å². The van der Waals surface area contributed by atoms with E-state index in [0.717, 1.165) is 69.6 Å². The van der Waals surface area contributed by atoms with Gasteiger partial charge in [0.15, 0.2) is 0 Å². The Morgan fingerprint density at radius 3 is 2.60 bits per heavy atom. The van der Waals surface area contributed by atoms with Crippen molar-refractivity contribution in [1.82, 2.24) is 34.1 Å². The third kappa shape index (κ3) is 8.59. The summed E-state index contributed by atoms with van der Waals surface area (Å²) in [5, 5.41) is 10.7. The number of halogens is 3. The second-order valence-corrected chi connectivity index (χ2v) is 12.6. The molecule has 2 saturated heterocycles. The molecule has 2 aliphatic heterocycles. The zero-order valence-corrected chi connectivity index (χ0v) is 26.8. The van der Waals surface area contributed by atoms with Gasteiger partial charge in [0.1, 0.15) is 12.0 Å². The Morgan fingerprint density at radius 2 is 1.87 bits per heavy atom. The molecule has 47 heavy (non-hydrogen) atoms. The van der Waals surface area contributed by atoms with Crippen molar-refractivity contribution in [1.29, 1.82) is 0 Å². The molecule has 0 saturated carbocycles. The SMILES string of the molecule is CSN1CCC(C#Cc2cc3cnc(Nc4ccc(NC5CCCNC5)cc4)nc3n(Cc3cncnc3CC(F)(F)F)c2=O)CC1. The van der Waals surface area contributed by atoms with Crippen LogP contribution in [0.2, 0.25) is 0 Å². The number of anilines is 3. The van der Waals surface area contributed by atoms with Crippen LogP contribution in [0.25, 0.3) is 11.0 Å². The van der Waals surface area contributed by atoms with E-state index in [0.29, 0.717) is 11.4 Å². The summed E-state index contributed by atoms with van der Waals surface area (Å²) in [6, 6.07) is 9.79. The van der Waals surface area contributed by atoms with Crippen molar-refractivity contribution in [3.63, 3.8) is 0 Å². The molecule has 2 aliphatic rings. The quantitative estimate of drug-likeness (QED) is 0.176. The van der Waals surface area contributed by atoms with E-state index < -0.39 is 18.2 Å². The molecule has 14 heteroatoms. The van der Waals surface area contributed by atoms with Gasteiger partial charge in [0.05, 0.1) is 24.2 Å². The summed E-state index contributed by atoms with van der Waals surface area (Å²) >= 11 is 1.71. The van der Waals surface area contributed by atoms with Gasteiger partial charge in [-0.15, -0.1) is 0 Å². The zero-order chi connectivity index (χ0) is 32.8. The molecule has 1 atom stereocenters. The van der Waals surface area contributed by atoms with Gasteiger partial charge in [-0.1, -0.05) is 23.8 Å². The summed E-state index contributed by atoms with van der Waals surface area (Å²) in [5.74, 6) is 6.72. The summed E-state index contributed by atoms with van der Waals surface area (Å²) in [7, 11) is 0. The second kappa shape index (κ2) is 14.7. The minimum atomic E-state index is -4.48. The fourth-order valence-corrected chi connectivity index (χ4v) is 6.42. The molecule has 0 spiro atoms. The van der Waals surface area contributed by atoms with E-state index in [9.17, 15) is 18.0 Å². The fourth-order valence-electron chi connectivity index (χ4n) is 5.84. The van der Waals surface area contributed by atoms with E-state index in [-0.39, 0.29) is 40.9 Å². The molecule has 3 aromatic heterocycles. The maximum Gasteiger partial charge on any atom is 0.394 e. The highest BCUT2D eigenvalue weighted by atomic mass is 32.2. The maximum absolute atomic E-state index is 13.9. The van der Waals surface area contributed by atoms with E-state index in [4.69, 9.17) is 0 Å². The molecule has 0 amide bonds. The van der Waals surface area contributed by atoms with Crippen LogP contribution >= 0.6 is 11.9 Å². The first-order valence-electron chi connectivity index (χ1n) is 15.6. The minimum Gasteiger partial charge on any atom is -0.381 e. The van der Waals surface area contributed by atoms with Crippen LogP contribution in [0.4, 0.5) is 30.5 Å². The number of nitrogens with one attached hydrogen (secondary N) is 3. The van der Waals surface area contributed by atoms with Crippen LogP contribution in [0.15, 0.2) is 53.8 Å². The van der Waals surface area contributed by atoms with Crippen LogP contribution in [-0.2, 0) is 13.0 Å². The number of piperidine rings is 2.